The standard InChI is InChI=1S/C13H20N4O3S/c1-4-9(8-21-3)16(2)13(18)10-6-5-7-11(15-14)12(10)17(19)20/h5-7,9,15H,4,8,14H2,1-3H3. The van der Waals surface area contributed by atoms with E-state index in [1.54, 1.807) is 29.8 Å². The Hall–Kier alpha value is -1.80. The van der Waals surface area contributed by atoms with Crippen molar-refractivity contribution in [2.24, 2.45) is 5.84 Å². The fraction of sp³-hybridized carbons (Fsp3) is 0.462. The average Bonchev–Trinajstić information content (AvgIpc) is 2.50. The molecule has 1 rings (SSSR count). The van der Waals surface area contributed by atoms with Crippen LogP contribution in [-0.4, -0.2) is 40.8 Å². The molecule has 21 heavy (non-hydrogen) atoms. The highest BCUT2D eigenvalue weighted by Gasteiger charge is 2.28. The van der Waals surface area contributed by atoms with Crippen molar-refractivity contribution < 1.29 is 9.72 Å². The van der Waals surface area contributed by atoms with Gasteiger partial charge in [0.25, 0.3) is 5.91 Å². The van der Waals surface area contributed by atoms with Crippen LogP contribution in [0.3, 0.4) is 0 Å². The molecule has 7 nitrogen and oxygen atoms in total. The third-order valence-electron chi connectivity index (χ3n) is 3.30. The zero-order valence-electron chi connectivity index (χ0n) is 12.3. The van der Waals surface area contributed by atoms with Crippen molar-refractivity contribution in [3.05, 3.63) is 33.9 Å². The minimum Gasteiger partial charge on any atom is -0.338 e. The topological polar surface area (TPSA) is 102 Å². The predicted octanol–water partition coefficient (Wildman–Crippen LogP) is 2.09. The van der Waals surface area contributed by atoms with Gasteiger partial charge in [-0.3, -0.25) is 20.8 Å². The van der Waals surface area contributed by atoms with E-state index in [0.29, 0.717) is 0 Å². The number of nitrogens with two attached hydrogens (primary N) is 1. The van der Waals surface area contributed by atoms with Crippen LogP contribution in [0.1, 0.15) is 23.7 Å². The number of hydrazine groups is 1. The number of amides is 1. The van der Waals surface area contributed by atoms with Gasteiger partial charge in [0.2, 0.25) is 0 Å². The first-order valence-corrected chi connectivity index (χ1v) is 7.87. The highest BCUT2D eigenvalue weighted by atomic mass is 32.2. The SMILES string of the molecule is CCC(CSC)N(C)C(=O)c1cccc(NN)c1[N+](=O)[O-]. The van der Waals surface area contributed by atoms with Crippen molar-refractivity contribution in [2.45, 2.75) is 19.4 Å². The van der Waals surface area contributed by atoms with Crippen LogP contribution in [0.25, 0.3) is 0 Å². The molecule has 0 spiro atoms. The number of hydrogen-bond acceptors (Lipinski definition) is 6. The monoisotopic (exact) mass is 312 g/mol. The lowest BCUT2D eigenvalue weighted by Gasteiger charge is -2.26. The molecule has 1 aromatic rings. The summed E-state index contributed by atoms with van der Waals surface area (Å²) in [5.41, 5.74) is 2.13. The van der Waals surface area contributed by atoms with Gasteiger partial charge in [0.15, 0.2) is 0 Å². The van der Waals surface area contributed by atoms with Gasteiger partial charge in [0.1, 0.15) is 11.3 Å². The Labute approximate surface area is 128 Å². The van der Waals surface area contributed by atoms with Crippen molar-refractivity contribution in [1.29, 1.82) is 0 Å². The third kappa shape index (κ3) is 3.85. The van der Waals surface area contributed by atoms with Crippen molar-refractivity contribution >= 4 is 29.0 Å². The number of thioether (sulfide) groups is 1. The van der Waals surface area contributed by atoms with Crippen molar-refractivity contribution in [2.75, 3.05) is 24.5 Å². The Balaban J connectivity index is 3.20. The van der Waals surface area contributed by atoms with Crippen LogP contribution in [0.5, 0.6) is 0 Å². The van der Waals surface area contributed by atoms with Crippen LogP contribution in [0, 0.1) is 10.1 Å². The lowest BCUT2D eigenvalue weighted by Crippen LogP contribution is -2.38. The zero-order valence-corrected chi connectivity index (χ0v) is 13.1. The lowest BCUT2D eigenvalue weighted by molar-refractivity contribution is -0.384. The maximum Gasteiger partial charge on any atom is 0.306 e. The van der Waals surface area contributed by atoms with Crippen molar-refractivity contribution in [3.8, 4) is 0 Å². The summed E-state index contributed by atoms with van der Waals surface area (Å²) in [5.74, 6) is 5.69. The molecule has 0 aliphatic rings. The molecule has 1 unspecified atom stereocenters. The number of benzene rings is 1. The Morgan fingerprint density at radius 3 is 2.71 bits per heavy atom. The Morgan fingerprint density at radius 2 is 2.24 bits per heavy atom. The molecular formula is C13H20N4O3S. The number of nitrogens with one attached hydrogen (secondary N) is 1. The van der Waals surface area contributed by atoms with E-state index in [1.807, 2.05) is 13.2 Å². The van der Waals surface area contributed by atoms with Crippen molar-refractivity contribution in [1.82, 2.24) is 4.90 Å². The molecule has 0 heterocycles. The maximum absolute atomic E-state index is 12.6. The normalized spacial score (nSPS) is 11.8. The highest BCUT2D eigenvalue weighted by molar-refractivity contribution is 7.98. The number of nitrogens with zero attached hydrogens (tertiary/aromatic N) is 2. The Kier molecular flexibility index (Phi) is 6.44. The summed E-state index contributed by atoms with van der Waals surface area (Å²) in [6.07, 6.45) is 2.74. The molecule has 0 saturated carbocycles. The Bertz CT molecular complexity index is 524. The minimum absolute atomic E-state index is 0.0293. The first-order valence-electron chi connectivity index (χ1n) is 6.48. The maximum atomic E-state index is 12.6. The molecule has 1 aromatic carbocycles. The second-order valence-corrected chi connectivity index (χ2v) is 5.45. The van der Waals surface area contributed by atoms with E-state index in [-0.39, 0.29) is 28.9 Å². The largest absolute Gasteiger partial charge is 0.338 e. The van der Waals surface area contributed by atoms with E-state index in [4.69, 9.17) is 5.84 Å². The average molecular weight is 312 g/mol. The molecule has 0 saturated heterocycles. The number of nitro groups is 1. The minimum atomic E-state index is -0.591. The van der Waals surface area contributed by atoms with Crippen LogP contribution >= 0.6 is 11.8 Å². The number of nitrogen functional groups attached to an aromatic ring is 1. The molecule has 0 bridgehead atoms. The van der Waals surface area contributed by atoms with Gasteiger partial charge in [0.05, 0.1) is 4.92 Å². The van der Waals surface area contributed by atoms with E-state index in [2.05, 4.69) is 5.43 Å². The van der Waals surface area contributed by atoms with Crippen LogP contribution in [0.15, 0.2) is 18.2 Å². The summed E-state index contributed by atoms with van der Waals surface area (Å²) < 4.78 is 0. The van der Waals surface area contributed by atoms with Gasteiger partial charge in [0, 0.05) is 18.8 Å². The number of nitro benzene ring substituents is 1. The van der Waals surface area contributed by atoms with Crippen LogP contribution in [0.4, 0.5) is 11.4 Å². The molecule has 8 heteroatoms. The van der Waals surface area contributed by atoms with Gasteiger partial charge >= 0.3 is 5.69 Å². The summed E-state index contributed by atoms with van der Waals surface area (Å²) in [6, 6.07) is 4.51. The first kappa shape index (κ1) is 17.3. The number of anilines is 1. The van der Waals surface area contributed by atoms with Gasteiger partial charge in [-0.05, 0) is 24.8 Å². The molecule has 0 aliphatic heterocycles. The molecule has 1 amide bonds. The second kappa shape index (κ2) is 7.84. The third-order valence-corrected chi connectivity index (χ3v) is 4.02. The molecule has 3 N–H and O–H groups in total. The van der Waals surface area contributed by atoms with Gasteiger partial charge in [-0.1, -0.05) is 13.0 Å². The zero-order chi connectivity index (χ0) is 16.0. The molecular weight excluding hydrogens is 292 g/mol. The van der Waals surface area contributed by atoms with Crippen LogP contribution < -0.4 is 11.3 Å². The van der Waals surface area contributed by atoms with E-state index < -0.39 is 4.92 Å². The fourth-order valence-electron chi connectivity index (χ4n) is 2.08. The number of hydrogen-bond donors (Lipinski definition) is 2. The molecule has 116 valence electrons. The van der Waals surface area contributed by atoms with E-state index in [1.165, 1.54) is 12.1 Å². The highest BCUT2D eigenvalue weighted by Crippen LogP contribution is 2.29. The summed E-state index contributed by atoms with van der Waals surface area (Å²) in [7, 11) is 1.67. The molecule has 0 fully saturated rings. The van der Waals surface area contributed by atoms with Gasteiger partial charge < -0.3 is 10.3 Å². The van der Waals surface area contributed by atoms with Crippen LogP contribution in [0.2, 0.25) is 0 Å². The number of rotatable bonds is 7. The number of para-hydroxylation sites is 1. The van der Waals surface area contributed by atoms with E-state index in [0.717, 1.165) is 12.2 Å². The summed E-state index contributed by atoms with van der Waals surface area (Å²) >= 11 is 1.63. The molecule has 0 radical (unpaired) electrons. The number of carbonyl (C=O) groups is 1. The number of carbonyl (C=O) groups excluding carboxylic acids is 1. The van der Waals surface area contributed by atoms with E-state index in [9.17, 15) is 14.9 Å². The Morgan fingerprint density at radius 1 is 1.57 bits per heavy atom. The molecule has 0 aromatic heterocycles. The summed E-state index contributed by atoms with van der Waals surface area (Å²) in [4.78, 5) is 24.7. The van der Waals surface area contributed by atoms with Gasteiger partial charge in [-0.25, -0.2) is 0 Å². The van der Waals surface area contributed by atoms with Gasteiger partial charge in [-0.15, -0.1) is 0 Å². The lowest BCUT2D eigenvalue weighted by atomic mass is 10.1. The quantitative estimate of drug-likeness (QED) is 0.454. The summed E-state index contributed by atoms with van der Waals surface area (Å²) in [5, 5.41) is 11.2. The molecule has 1 atom stereocenters. The predicted molar refractivity (Wildman–Crippen MR) is 85.5 cm³/mol. The first-order chi connectivity index (χ1) is 9.97. The van der Waals surface area contributed by atoms with Crippen LogP contribution in [-0.2, 0) is 0 Å². The smallest absolute Gasteiger partial charge is 0.306 e. The molecule has 0 aliphatic carbocycles. The van der Waals surface area contributed by atoms with E-state index >= 15 is 0 Å². The van der Waals surface area contributed by atoms with Gasteiger partial charge in [-0.2, -0.15) is 11.8 Å². The summed E-state index contributed by atoms with van der Waals surface area (Å²) in [6.45, 7) is 1.98. The second-order valence-electron chi connectivity index (χ2n) is 4.54. The fourth-order valence-corrected chi connectivity index (χ4v) is 2.93. The van der Waals surface area contributed by atoms with Crippen molar-refractivity contribution in [3.63, 3.8) is 0 Å².